The van der Waals surface area contributed by atoms with Gasteiger partial charge in [-0.15, -0.1) is 11.3 Å². The van der Waals surface area contributed by atoms with Gasteiger partial charge in [-0.1, -0.05) is 30.0 Å². The van der Waals surface area contributed by atoms with Gasteiger partial charge in [0.1, 0.15) is 16.6 Å². The second kappa shape index (κ2) is 7.16. The van der Waals surface area contributed by atoms with Crippen molar-refractivity contribution in [1.29, 1.82) is 0 Å². The first-order valence-corrected chi connectivity index (χ1v) is 9.01. The number of amides is 2. The lowest BCUT2D eigenvalue weighted by Gasteiger charge is -2.14. The zero-order chi connectivity index (χ0) is 17.1. The normalized spacial score (nSPS) is 16.0. The van der Waals surface area contributed by atoms with Crippen LogP contribution >= 0.6 is 35.3 Å². The van der Waals surface area contributed by atoms with Crippen molar-refractivity contribution in [2.45, 2.75) is 0 Å². The Kier molecular flexibility index (Phi) is 4.98. The highest BCUT2D eigenvalue weighted by Crippen LogP contribution is 2.33. The Balaban J connectivity index is 1.66. The number of carbonyl (C=O) groups excluding carboxylic acids is 2. The summed E-state index contributed by atoms with van der Waals surface area (Å²) < 4.78 is 0.365. The van der Waals surface area contributed by atoms with Crippen LogP contribution in [-0.2, 0) is 9.59 Å². The molecule has 1 aromatic heterocycles. The van der Waals surface area contributed by atoms with E-state index in [4.69, 9.17) is 12.2 Å². The lowest BCUT2D eigenvalue weighted by molar-refractivity contribution is -0.126. The van der Waals surface area contributed by atoms with Crippen LogP contribution in [-0.4, -0.2) is 32.7 Å². The van der Waals surface area contributed by atoms with Crippen LogP contribution in [0.2, 0.25) is 0 Å². The minimum Gasteiger partial charge on any atom is -0.508 e. The van der Waals surface area contributed by atoms with E-state index in [1.165, 1.54) is 40.1 Å². The SMILES string of the molecule is O=C(CN1C(=O)/C(=C\c2cccs2)SC1=S)Nc1ccc(O)cc1. The van der Waals surface area contributed by atoms with E-state index in [1.54, 1.807) is 18.2 Å². The van der Waals surface area contributed by atoms with Gasteiger partial charge in [-0.2, -0.15) is 0 Å². The molecule has 1 aromatic carbocycles. The Bertz CT molecular complexity index is 814. The molecule has 1 aliphatic heterocycles. The summed E-state index contributed by atoms with van der Waals surface area (Å²) in [5, 5.41) is 13.8. The van der Waals surface area contributed by atoms with Crippen molar-refractivity contribution in [1.82, 2.24) is 4.90 Å². The van der Waals surface area contributed by atoms with E-state index in [0.717, 1.165) is 4.88 Å². The number of aromatic hydroxyl groups is 1. The molecule has 3 rings (SSSR count). The Hall–Kier alpha value is -2.16. The number of benzene rings is 1. The Morgan fingerprint density at radius 3 is 2.71 bits per heavy atom. The van der Waals surface area contributed by atoms with Crippen molar-refractivity contribution in [2.75, 3.05) is 11.9 Å². The highest BCUT2D eigenvalue weighted by Gasteiger charge is 2.33. The van der Waals surface area contributed by atoms with Crippen LogP contribution in [0.25, 0.3) is 6.08 Å². The van der Waals surface area contributed by atoms with Gasteiger partial charge in [-0.05, 0) is 41.8 Å². The largest absolute Gasteiger partial charge is 0.508 e. The third-order valence-electron chi connectivity index (χ3n) is 3.14. The van der Waals surface area contributed by atoms with Crippen molar-refractivity contribution in [3.05, 3.63) is 51.6 Å². The van der Waals surface area contributed by atoms with Crippen LogP contribution in [0.5, 0.6) is 5.75 Å². The first-order valence-electron chi connectivity index (χ1n) is 6.91. The van der Waals surface area contributed by atoms with Gasteiger partial charge in [-0.3, -0.25) is 14.5 Å². The summed E-state index contributed by atoms with van der Waals surface area (Å²) in [7, 11) is 0. The molecule has 2 aromatic rings. The third kappa shape index (κ3) is 3.84. The molecule has 0 radical (unpaired) electrons. The summed E-state index contributed by atoms with van der Waals surface area (Å²) in [5.74, 6) is -0.503. The zero-order valence-corrected chi connectivity index (χ0v) is 14.7. The quantitative estimate of drug-likeness (QED) is 0.487. The molecular formula is C16H12N2O3S3. The maximum atomic E-state index is 12.4. The fourth-order valence-electron chi connectivity index (χ4n) is 2.03. The summed E-state index contributed by atoms with van der Waals surface area (Å²) in [6.45, 7) is -0.146. The summed E-state index contributed by atoms with van der Waals surface area (Å²) in [6, 6.07) is 9.91. The van der Waals surface area contributed by atoms with Gasteiger partial charge < -0.3 is 10.4 Å². The molecule has 0 bridgehead atoms. The first-order chi connectivity index (χ1) is 11.5. The fourth-order valence-corrected chi connectivity index (χ4v) is 4.01. The number of thiocarbonyl (C=S) groups is 1. The van der Waals surface area contributed by atoms with E-state index in [2.05, 4.69) is 5.32 Å². The number of nitrogens with zero attached hydrogens (tertiary/aromatic N) is 1. The lowest BCUT2D eigenvalue weighted by atomic mass is 10.3. The minimum absolute atomic E-state index is 0.114. The summed E-state index contributed by atoms with van der Waals surface area (Å²) in [4.78, 5) is 27.3. The molecule has 0 unspecified atom stereocenters. The van der Waals surface area contributed by atoms with Gasteiger partial charge in [0.2, 0.25) is 5.91 Å². The number of nitrogens with one attached hydrogen (secondary N) is 1. The molecule has 2 N–H and O–H groups in total. The Morgan fingerprint density at radius 1 is 1.29 bits per heavy atom. The fraction of sp³-hybridized carbons (Fsp3) is 0.0625. The Labute approximate surface area is 152 Å². The van der Waals surface area contributed by atoms with Gasteiger partial charge in [0.05, 0.1) is 4.91 Å². The highest BCUT2D eigenvalue weighted by molar-refractivity contribution is 8.26. The van der Waals surface area contributed by atoms with E-state index in [0.29, 0.717) is 14.9 Å². The standard InChI is InChI=1S/C16H12N2O3S3/c19-11-5-3-10(4-6-11)17-14(20)9-18-15(21)13(24-16(18)22)8-12-2-1-7-23-12/h1-8,19H,9H2,(H,17,20)/b13-8+. The molecule has 0 aliphatic carbocycles. The molecule has 2 heterocycles. The molecule has 122 valence electrons. The van der Waals surface area contributed by atoms with Crippen LogP contribution in [0, 0.1) is 0 Å². The average Bonchev–Trinajstić information content (AvgIpc) is 3.14. The number of phenolic OH excluding ortho intramolecular Hbond substituents is 1. The monoisotopic (exact) mass is 376 g/mol. The van der Waals surface area contributed by atoms with Crippen molar-refractivity contribution < 1.29 is 14.7 Å². The molecule has 8 heteroatoms. The number of rotatable bonds is 4. The lowest BCUT2D eigenvalue weighted by Crippen LogP contribution is -2.36. The first kappa shape index (κ1) is 16.7. The van der Waals surface area contributed by atoms with E-state index >= 15 is 0 Å². The van der Waals surface area contributed by atoms with Gasteiger partial charge in [-0.25, -0.2) is 0 Å². The van der Waals surface area contributed by atoms with E-state index < -0.39 is 0 Å². The second-order valence-electron chi connectivity index (χ2n) is 4.88. The molecule has 0 atom stereocenters. The molecule has 24 heavy (non-hydrogen) atoms. The number of carbonyl (C=O) groups is 2. The molecule has 1 fully saturated rings. The third-order valence-corrected chi connectivity index (χ3v) is 5.34. The number of hydrogen-bond donors (Lipinski definition) is 2. The smallest absolute Gasteiger partial charge is 0.266 e. The van der Waals surface area contributed by atoms with Crippen molar-refractivity contribution in [3.8, 4) is 5.75 Å². The molecule has 2 amide bonds. The van der Waals surface area contributed by atoms with Crippen molar-refractivity contribution >= 4 is 63.2 Å². The van der Waals surface area contributed by atoms with E-state index in [1.807, 2.05) is 17.5 Å². The molecule has 1 aliphatic rings. The minimum atomic E-state index is -0.352. The number of phenols is 1. The zero-order valence-electron chi connectivity index (χ0n) is 12.3. The van der Waals surface area contributed by atoms with E-state index in [9.17, 15) is 14.7 Å². The predicted molar refractivity (Wildman–Crippen MR) is 101 cm³/mol. The van der Waals surface area contributed by atoms with Crippen LogP contribution in [0.3, 0.4) is 0 Å². The number of hydrogen-bond acceptors (Lipinski definition) is 6. The van der Waals surface area contributed by atoms with Gasteiger partial charge in [0.25, 0.3) is 5.91 Å². The number of anilines is 1. The van der Waals surface area contributed by atoms with Gasteiger partial charge >= 0.3 is 0 Å². The van der Waals surface area contributed by atoms with Crippen LogP contribution in [0.4, 0.5) is 5.69 Å². The molecular weight excluding hydrogens is 364 g/mol. The second-order valence-corrected chi connectivity index (χ2v) is 7.53. The molecule has 5 nitrogen and oxygen atoms in total. The predicted octanol–water partition coefficient (Wildman–Crippen LogP) is 3.29. The topological polar surface area (TPSA) is 69.6 Å². The van der Waals surface area contributed by atoms with Crippen LogP contribution in [0.1, 0.15) is 4.88 Å². The van der Waals surface area contributed by atoms with Crippen LogP contribution < -0.4 is 5.32 Å². The van der Waals surface area contributed by atoms with Crippen molar-refractivity contribution in [2.24, 2.45) is 0 Å². The summed E-state index contributed by atoms with van der Waals surface area (Å²) in [5.41, 5.74) is 0.539. The molecule has 1 saturated heterocycles. The molecule has 0 saturated carbocycles. The Morgan fingerprint density at radius 2 is 2.04 bits per heavy atom. The van der Waals surface area contributed by atoms with Gasteiger partial charge in [0, 0.05) is 10.6 Å². The highest BCUT2D eigenvalue weighted by atomic mass is 32.2. The number of thioether (sulfide) groups is 1. The average molecular weight is 376 g/mol. The summed E-state index contributed by atoms with van der Waals surface area (Å²) >= 11 is 7.93. The number of thiophene rings is 1. The van der Waals surface area contributed by atoms with E-state index in [-0.39, 0.29) is 24.1 Å². The summed E-state index contributed by atoms with van der Waals surface area (Å²) in [6.07, 6.45) is 1.78. The van der Waals surface area contributed by atoms with Crippen LogP contribution in [0.15, 0.2) is 46.7 Å². The maximum Gasteiger partial charge on any atom is 0.266 e. The maximum absolute atomic E-state index is 12.4. The molecule has 0 spiro atoms. The van der Waals surface area contributed by atoms with Crippen molar-refractivity contribution in [3.63, 3.8) is 0 Å². The van der Waals surface area contributed by atoms with Gasteiger partial charge in [0.15, 0.2) is 0 Å².